The summed E-state index contributed by atoms with van der Waals surface area (Å²) in [7, 11) is -5.85. The summed E-state index contributed by atoms with van der Waals surface area (Å²) in [5.41, 5.74) is 0.493. The minimum Gasteiger partial charge on any atom is -0.363 e. The minimum absolute atomic E-state index is 0.247. The first kappa shape index (κ1) is 18.0. The van der Waals surface area contributed by atoms with Gasteiger partial charge >= 0.3 is 16.5 Å². The van der Waals surface area contributed by atoms with Gasteiger partial charge in [0.05, 0.1) is 11.2 Å². The lowest BCUT2D eigenvalue weighted by Gasteiger charge is -2.13. The Bertz CT molecular complexity index is 271. The van der Waals surface area contributed by atoms with Crippen molar-refractivity contribution >= 4 is 16.5 Å². The fourth-order valence-electron chi connectivity index (χ4n) is 2.49. The highest BCUT2D eigenvalue weighted by Crippen LogP contribution is 2.56. The topological polar surface area (TPSA) is 96.4 Å². The molecule has 0 saturated carbocycles. The molecule has 106 valence electrons. The van der Waals surface area contributed by atoms with Crippen molar-refractivity contribution in [2.24, 2.45) is 0 Å². The molecule has 18 heavy (non-hydrogen) atoms. The van der Waals surface area contributed by atoms with Crippen molar-refractivity contribution in [2.45, 2.75) is 64.6 Å². The van der Waals surface area contributed by atoms with E-state index in [2.05, 4.69) is 32.0 Å². The maximum absolute atomic E-state index is 9.39. The predicted molar refractivity (Wildman–Crippen MR) is 68.4 cm³/mol. The van der Waals surface area contributed by atoms with Gasteiger partial charge in [-0.15, -0.1) is 9.79 Å². The van der Waals surface area contributed by atoms with E-state index < -0.39 is 16.5 Å². The summed E-state index contributed by atoms with van der Waals surface area (Å²) < 4.78 is 28.1. The highest BCUT2D eigenvalue weighted by Gasteiger charge is 2.64. The van der Waals surface area contributed by atoms with Crippen molar-refractivity contribution in [3.63, 3.8) is 0 Å². The molecule has 1 saturated heterocycles. The Labute approximate surface area is 110 Å². The Morgan fingerprint density at radius 1 is 0.889 bits per heavy atom. The van der Waals surface area contributed by atoms with Gasteiger partial charge in [0.25, 0.3) is 0 Å². The van der Waals surface area contributed by atoms with Gasteiger partial charge < -0.3 is 4.74 Å². The molecule has 0 aromatic heterocycles. The van der Waals surface area contributed by atoms with Crippen LogP contribution in [0.25, 0.3) is 0 Å². The summed E-state index contributed by atoms with van der Waals surface area (Å²) in [4.78, 5) is 15.3. The highest BCUT2D eigenvalue weighted by atomic mass is 31.2. The fourth-order valence-corrected chi connectivity index (χ4v) is 2.96. The van der Waals surface area contributed by atoms with Crippen LogP contribution in [0.2, 0.25) is 0 Å². The molecule has 0 aliphatic carbocycles. The van der Waals surface area contributed by atoms with Crippen LogP contribution in [-0.4, -0.2) is 21.0 Å². The van der Waals surface area contributed by atoms with Crippen LogP contribution in [0.3, 0.4) is 0 Å². The molecule has 0 radical (unpaired) electrons. The summed E-state index contributed by atoms with van der Waals surface area (Å²) in [6.07, 6.45) is 4.69. The lowest BCUT2D eigenvalue weighted by Crippen LogP contribution is -2.23. The second-order valence-electron chi connectivity index (χ2n) is 4.06. The molecular weight excluding hydrogens is 278 g/mol. The molecule has 1 aliphatic rings. The molecule has 1 aliphatic heterocycles. The molecule has 2 atom stereocenters. The molecule has 0 aromatic rings. The van der Waals surface area contributed by atoms with Gasteiger partial charge in [-0.05, 0) is 25.7 Å². The summed E-state index contributed by atoms with van der Waals surface area (Å²) in [6, 6.07) is 0. The zero-order valence-electron chi connectivity index (χ0n) is 11.3. The van der Waals surface area contributed by atoms with Crippen molar-refractivity contribution in [1.82, 2.24) is 0 Å². The standard InChI is InChI=1S/C10H20O.O5P2/c1-5-9(6-2)10(7-3,8-4)11-9;1-6(2)5-7(3)4/h5-8H2,1-4H3;/p+2. The number of ether oxygens (including phenoxy) is 1. The third-order valence-corrected chi connectivity index (χ3v) is 4.72. The second kappa shape index (κ2) is 7.59. The lowest BCUT2D eigenvalue weighted by atomic mass is 9.84. The summed E-state index contributed by atoms with van der Waals surface area (Å²) >= 11 is 0. The van der Waals surface area contributed by atoms with E-state index in [4.69, 9.17) is 14.5 Å². The molecule has 0 spiro atoms. The Morgan fingerprint density at radius 3 is 1.22 bits per heavy atom. The quantitative estimate of drug-likeness (QED) is 0.576. The normalized spacial score (nSPS) is 20.6. The molecule has 8 heteroatoms. The van der Waals surface area contributed by atoms with Crippen LogP contribution in [0.4, 0.5) is 0 Å². The van der Waals surface area contributed by atoms with Gasteiger partial charge in [-0.3, -0.25) is 0 Å². The first-order valence-corrected chi connectivity index (χ1v) is 8.29. The molecular formula is C10H22O6P2+2. The third-order valence-electron chi connectivity index (χ3n) is 3.60. The van der Waals surface area contributed by atoms with Gasteiger partial charge in [-0.1, -0.05) is 27.7 Å². The van der Waals surface area contributed by atoms with Gasteiger partial charge in [0.15, 0.2) is 4.31 Å². The Hall–Kier alpha value is 0.0400. The van der Waals surface area contributed by atoms with Crippen molar-refractivity contribution < 1.29 is 28.0 Å². The monoisotopic (exact) mass is 300 g/mol. The van der Waals surface area contributed by atoms with E-state index in [9.17, 15) is 9.13 Å². The van der Waals surface area contributed by atoms with E-state index in [1.54, 1.807) is 0 Å². The van der Waals surface area contributed by atoms with E-state index in [0.29, 0.717) is 0 Å². The minimum atomic E-state index is -2.92. The molecule has 2 N–H and O–H groups in total. The Kier molecular flexibility index (Phi) is 7.60. The first-order valence-electron chi connectivity index (χ1n) is 6.03. The molecule has 1 fully saturated rings. The van der Waals surface area contributed by atoms with Gasteiger partial charge in [0, 0.05) is 9.13 Å². The largest absolute Gasteiger partial charge is 0.745 e. The predicted octanol–water partition coefficient (Wildman–Crippen LogP) is 3.44. The first-order chi connectivity index (χ1) is 8.33. The van der Waals surface area contributed by atoms with Crippen LogP contribution in [0.15, 0.2) is 0 Å². The van der Waals surface area contributed by atoms with Crippen LogP contribution >= 0.6 is 16.5 Å². The maximum Gasteiger partial charge on any atom is 0.745 e. The maximum atomic E-state index is 9.39. The van der Waals surface area contributed by atoms with E-state index in [-0.39, 0.29) is 11.2 Å². The van der Waals surface area contributed by atoms with E-state index >= 15 is 0 Å². The van der Waals surface area contributed by atoms with E-state index in [1.165, 1.54) is 25.7 Å². The second-order valence-corrected chi connectivity index (χ2v) is 5.67. The lowest BCUT2D eigenvalue weighted by molar-refractivity contribution is 0.246. The zero-order chi connectivity index (χ0) is 14.4. The Balaban J connectivity index is 0.000000360. The van der Waals surface area contributed by atoms with Gasteiger partial charge in [-0.25, -0.2) is 0 Å². The third kappa shape index (κ3) is 4.30. The fraction of sp³-hybridized carbons (Fsp3) is 1.00. The number of hydrogen-bond donors (Lipinski definition) is 2. The smallest absolute Gasteiger partial charge is 0.363 e. The number of rotatable bonds is 6. The van der Waals surface area contributed by atoms with E-state index in [0.717, 1.165) is 0 Å². The van der Waals surface area contributed by atoms with Crippen LogP contribution in [-0.2, 0) is 18.2 Å². The van der Waals surface area contributed by atoms with Gasteiger partial charge in [0.2, 0.25) is 0 Å². The van der Waals surface area contributed by atoms with Crippen LogP contribution in [0.1, 0.15) is 53.4 Å². The number of hydrogen-bond acceptors (Lipinski definition) is 4. The van der Waals surface area contributed by atoms with Crippen molar-refractivity contribution in [3.05, 3.63) is 0 Å². The van der Waals surface area contributed by atoms with Crippen molar-refractivity contribution in [2.75, 3.05) is 0 Å². The summed E-state index contributed by atoms with van der Waals surface area (Å²) in [5, 5.41) is 0. The van der Waals surface area contributed by atoms with Crippen LogP contribution < -0.4 is 0 Å². The molecule has 1 rings (SSSR count). The van der Waals surface area contributed by atoms with E-state index in [1.807, 2.05) is 0 Å². The average Bonchev–Trinajstić information content (AvgIpc) is 2.98. The molecule has 6 nitrogen and oxygen atoms in total. The van der Waals surface area contributed by atoms with Crippen LogP contribution in [0.5, 0.6) is 0 Å². The Morgan fingerprint density at radius 2 is 1.17 bits per heavy atom. The molecule has 1 heterocycles. The molecule has 2 unspecified atom stereocenters. The van der Waals surface area contributed by atoms with Gasteiger partial charge in [0.1, 0.15) is 0 Å². The summed E-state index contributed by atoms with van der Waals surface area (Å²) in [5.74, 6) is 0. The average molecular weight is 300 g/mol. The molecule has 0 bridgehead atoms. The van der Waals surface area contributed by atoms with Crippen molar-refractivity contribution in [3.8, 4) is 0 Å². The number of epoxide rings is 1. The molecule has 0 amide bonds. The molecule has 0 aromatic carbocycles. The zero-order valence-corrected chi connectivity index (χ0v) is 13.0. The highest BCUT2D eigenvalue weighted by molar-refractivity contribution is 7.46. The SMILES string of the molecule is CCC1(CC)OC1(CC)CC.O=[P+](O)O[P+](=O)O. The summed E-state index contributed by atoms with van der Waals surface area (Å²) in [6.45, 7) is 8.93. The van der Waals surface area contributed by atoms with Gasteiger partial charge in [-0.2, -0.15) is 0 Å². The van der Waals surface area contributed by atoms with Crippen molar-refractivity contribution in [1.29, 1.82) is 0 Å². The van der Waals surface area contributed by atoms with Crippen LogP contribution in [0, 0.1) is 0 Å².